The number of thioether (sulfide) groups is 1. The Morgan fingerprint density at radius 2 is 1.97 bits per heavy atom. The summed E-state index contributed by atoms with van der Waals surface area (Å²) in [4.78, 5) is 33.9. The maximum Gasteiger partial charge on any atom is 0.410 e. The molecule has 0 unspecified atom stereocenters. The number of benzene rings is 2. The van der Waals surface area contributed by atoms with Crippen LogP contribution in [-0.2, 0) is 22.5 Å². The number of thiophene rings is 1. The summed E-state index contributed by atoms with van der Waals surface area (Å²) in [5.74, 6) is 0.457. The van der Waals surface area contributed by atoms with Crippen molar-refractivity contribution in [2.24, 2.45) is 0 Å². The number of carbonyl (C=O) groups is 2. The highest BCUT2D eigenvalue weighted by Crippen LogP contribution is 2.45. The van der Waals surface area contributed by atoms with E-state index in [1.54, 1.807) is 47.1 Å². The second-order valence-corrected chi connectivity index (χ2v) is 11.8. The van der Waals surface area contributed by atoms with Gasteiger partial charge < -0.3 is 15.0 Å². The standard InChI is InChI=1S/C27H26FN3O3S3/c1-2-34-27(33)31-14-13-19-22(16-31)37-26(24(19)25-29-20-6-3-4-7-21(20)36-25)30-23(32)8-5-15-35-18-11-9-17(28)10-12-18/h3-4,6-7,9-12H,2,5,8,13-16H2,1H3,(H,30,32). The lowest BCUT2D eigenvalue weighted by Gasteiger charge is -2.26. The first-order valence-corrected chi connectivity index (χ1v) is 14.7. The van der Waals surface area contributed by atoms with E-state index in [4.69, 9.17) is 9.72 Å². The van der Waals surface area contributed by atoms with Gasteiger partial charge in [0.25, 0.3) is 0 Å². The largest absolute Gasteiger partial charge is 0.450 e. The highest BCUT2D eigenvalue weighted by atomic mass is 32.2. The van der Waals surface area contributed by atoms with Crippen molar-refractivity contribution in [2.75, 3.05) is 24.2 Å². The first kappa shape index (κ1) is 25.7. The summed E-state index contributed by atoms with van der Waals surface area (Å²) in [5.41, 5.74) is 3.05. The lowest BCUT2D eigenvalue weighted by atomic mass is 10.0. The highest BCUT2D eigenvalue weighted by Gasteiger charge is 2.30. The third kappa shape index (κ3) is 5.97. The summed E-state index contributed by atoms with van der Waals surface area (Å²) >= 11 is 4.74. The SMILES string of the molecule is CCOC(=O)N1CCc2c(sc(NC(=O)CCCSc3ccc(F)cc3)c2-c2nc3ccccc3s2)C1. The highest BCUT2D eigenvalue weighted by molar-refractivity contribution is 7.99. The lowest BCUT2D eigenvalue weighted by molar-refractivity contribution is -0.116. The zero-order valence-electron chi connectivity index (χ0n) is 20.3. The Kier molecular flexibility index (Phi) is 8.07. The minimum absolute atomic E-state index is 0.0529. The van der Waals surface area contributed by atoms with Gasteiger partial charge in [0.05, 0.1) is 23.4 Å². The summed E-state index contributed by atoms with van der Waals surface area (Å²) in [6.07, 6.45) is 1.45. The van der Waals surface area contributed by atoms with Gasteiger partial charge in [-0.15, -0.1) is 34.4 Å². The number of nitrogens with zero attached hydrogens (tertiary/aromatic N) is 2. The number of anilines is 1. The van der Waals surface area contributed by atoms with Gasteiger partial charge in [0, 0.05) is 28.3 Å². The van der Waals surface area contributed by atoms with Gasteiger partial charge in [-0.25, -0.2) is 14.2 Å². The molecule has 0 saturated heterocycles. The molecule has 0 fully saturated rings. The number of para-hydroxylation sites is 1. The maximum atomic E-state index is 13.1. The number of hydrogen-bond acceptors (Lipinski definition) is 7. The average molecular weight is 556 g/mol. The number of rotatable bonds is 8. The van der Waals surface area contributed by atoms with Crippen LogP contribution in [0, 0.1) is 5.82 Å². The van der Waals surface area contributed by atoms with Gasteiger partial charge in [0.15, 0.2) is 0 Å². The van der Waals surface area contributed by atoms with Gasteiger partial charge >= 0.3 is 6.09 Å². The van der Waals surface area contributed by atoms with E-state index >= 15 is 0 Å². The summed E-state index contributed by atoms with van der Waals surface area (Å²) < 4.78 is 19.4. The van der Waals surface area contributed by atoms with Crippen molar-refractivity contribution in [3.8, 4) is 10.6 Å². The Bertz CT molecular complexity index is 1380. The van der Waals surface area contributed by atoms with Crippen molar-refractivity contribution in [1.29, 1.82) is 0 Å². The lowest BCUT2D eigenvalue weighted by Crippen LogP contribution is -2.35. The van der Waals surface area contributed by atoms with Crippen LogP contribution in [0.1, 0.15) is 30.2 Å². The first-order valence-electron chi connectivity index (χ1n) is 12.1. The van der Waals surface area contributed by atoms with Crippen LogP contribution >= 0.6 is 34.4 Å². The van der Waals surface area contributed by atoms with Crippen molar-refractivity contribution < 1.29 is 18.7 Å². The summed E-state index contributed by atoms with van der Waals surface area (Å²) in [6, 6.07) is 14.4. The van der Waals surface area contributed by atoms with E-state index in [-0.39, 0.29) is 17.8 Å². The Labute approximate surface area is 226 Å². The number of carbonyl (C=O) groups excluding carboxylic acids is 2. The van der Waals surface area contributed by atoms with Crippen LogP contribution < -0.4 is 5.32 Å². The van der Waals surface area contributed by atoms with Crippen LogP contribution in [0.4, 0.5) is 14.2 Å². The molecule has 0 spiro atoms. The molecule has 2 aromatic carbocycles. The Morgan fingerprint density at radius 3 is 2.76 bits per heavy atom. The topological polar surface area (TPSA) is 71.5 Å². The number of amides is 2. The molecule has 1 aliphatic heterocycles. The van der Waals surface area contributed by atoms with Gasteiger partial charge in [-0.3, -0.25) is 4.79 Å². The molecule has 192 valence electrons. The number of ether oxygens (including phenoxy) is 1. The van der Waals surface area contributed by atoms with Gasteiger partial charge in [0.1, 0.15) is 15.8 Å². The minimum Gasteiger partial charge on any atom is -0.450 e. The molecule has 3 heterocycles. The van der Waals surface area contributed by atoms with E-state index in [2.05, 4.69) is 11.4 Å². The molecule has 2 aromatic heterocycles. The van der Waals surface area contributed by atoms with Crippen LogP contribution in [0.15, 0.2) is 53.4 Å². The molecule has 5 rings (SSSR count). The van der Waals surface area contributed by atoms with Gasteiger partial charge in [-0.1, -0.05) is 12.1 Å². The number of aromatic nitrogens is 1. The summed E-state index contributed by atoms with van der Waals surface area (Å²) in [5, 5.41) is 4.80. The molecule has 0 saturated carbocycles. The molecule has 2 amide bonds. The third-order valence-electron chi connectivity index (χ3n) is 5.97. The molecule has 4 aromatic rings. The van der Waals surface area contributed by atoms with E-state index in [1.165, 1.54) is 23.5 Å². The van der Waals surface area contributed by atoms with Gasteiger partial charge in [-0.05, 0) is 67.5 Å². The quantitative estimate of drug-likeness (QED) is 0.184. The monoisotopic (exact) mass is 555 g/mol. The Balaban J connectivity index is 1.33. The summed E-state index contributed by atoms with van der Waals surface area (Å²) in [7, 11) is 0. The smallest absolute Gasteiger partial charge is 0.410 e. The van der Waals surface area contributed by atoms with Crippen LogP contribution in [0.3, 0.4) is 0 Å². The molecule has 1 aliphatic rings. The minimum atomic E-state index is -0.313. The molecular weight excluding hydrogens is 530 g/mol. The van der Waals surface area contributed by atoms with E-state index in [0.29, 0.717) is 39.0 Å². The Hall–Kier alpha value is -2.95. The van der Waals surface area contributed by atoms with Crippen molar-refractivity contribution in [3.05, 3.63) is 64.8 Å². The fourth-order valence-electron chi connectivity index (χ4n) is 4.21. The van der Waals surface area contributed by atoms with Crippen molar-refractivity contribution in [3.63, 3.8) is 0 Å². The van der Waals surface area contributed by atoms with Crippen LogP contribution in [0.5, 0.6) is 0 Å². The van der Waals surface area contributed by atoms with Crippen molar-refractivity contribution in [1.82, 2.24) is 9.88 Å². The van der Waals surface area contributed by atoms with E-state index in [1.807, 2.05) is 18.2 Å². The van der Waals surface area contributed by atoms with E-state index < -0.39 is 0 Å². The predicted molar refractivity (Wildman–Crippen MR) is 149 cm³/mol. The fourth-order valence-corrected chi connectivity index (χ4v) is 7.45. The molecule has 6 nitrogen and oxygen atoms in total. The maximum absolute atomic E-state index is 13.1. The van der Waals surface area contributed by atoms with E-state index in [0.717, 1.165) is 46.9 Å². The number of hydrogen-bond donors (Lipinski definition) is 1. The molecule has 0 aliphatic carbocycles. The zero-order chi connectivity index (χ0) is 25.8. The zero-order valence-corrected chi connectivity index (χ0v) is 22.7. The van der Waals surface area contributed by atoms with Gasteiger partial charge in [0.2, 0.25) is 5.91 Å². The molecule has 1 N–H and O–H groups in total. The van der Waals surface area contributed by atoms with E-state index in [9.17, 15) is 14.0 Å². The molecule has 10 heteroatoms. The fraction of sp³-hybridized carbons (Fsp3) is 0.296. The second-order valence-electron chi connectivity index (χ2n) is 8.52. The summed E-state index contributed by atoms with van der Waals surface area (Å²) in [6.45, 7) is 3.16. The molecule has 0 radical (unpaired) electrons. The van der Waals surface area contributed by atoms with Crippen LogP contribution in [-0.4, -0.2) is 40.8 Å². The normalized spacial score (nSPS) is 13.0. The molecule has 0 atom stereocenters. The molecule has 37 heavy (non-hydrogen) atoms. The number of thiazole rings is 1. The second kappa shape index (κ2) is 11.6. The molecule has 0 bridgehead atoms. The Morgan fingerprint density at radius 1 is 1.16 bits per heavy atom. The van der Waals surface area contributed by atoms with Crippen molar-refractivity contribution in [2.45, 2.75) is 37.6 Å². The predicted octanol–water partition coefficient (Wildman–Crippen LogP) is 7.19. The number of fused-ring (bicyclic) bond motifs is 2. The molecular formula is C27H26FN3O3S3. The number of nitrogens with one attached hydrogen (secondary N) is 1. The average Bonchev–Trinajstić information content (AvgIpc) is 3.47. The van der Waals surface area contributed by atoms with Crippen LogP contribution in [0.25, 0.3) is 20.8 Å². The van der Waals surface area contributed by atoms with Crippen LogP contribution in [0.2, 0.25) is 0 Å². The number of halogens is 1. The third-order valence-corrected chi connectivity index (χ3v) is 9.26. The van der Waals surface area contributed by atoms with Gasteiger partial charge in [-0.2, -0.15) is 0 Å². The van der Waals surface area contributed by atoms with Crippen molar-refractivity contribution >= 4 is 61.7 Å². The first-order chi connectivity index (χ1) is 18.0.